The molecule has 1 unspecified atom stereocenters. The Balaban J connectivity index is 2.07. The molecule has 0 bridgehead atoms. The summed E-state index contributed by atoms with van der Waals surface area (Å²) in [7, 11) is 0. The molecule has 1 saturated heterocycles. The zero-order valence-corrected chi connectivity index (χ0v) is 12.4. The van der Waals surface area contributed by atoms with Crippen LogP contribution in [0.2, 0.25) is 0 Å². The maximum absolute atomic E-state index is 12.8. The lowest BCUT2D eigenvalue weighted by atomic mass is 9.82. The molecule has 1 aromatic rings. The van der Waals surface area contributed by atoms with E-state index in [0.29, 0.717) is 0 Å². The molecule has 1 heterocycles. The number of hydrogen-bond donors (Lipinski definition) is 1. The molecule has 1 aliphatic carbocycles. The third-order valence-electron chi connectivity index (χ3n) is 4.84. The normalized spacial score (nSPS) is 24.4. The van der Waals surface area contributed by atoms with E-state index in [2.05, 4.69) is 17.4 Å². The van der Waals surface area contributed by atoms with Gasteiger partial charge in [0.2, 0.25) is 5.91 Å². The third-order valence-corrected chi connectivity index (χ3v) is 4.84. The average Bonchev–Trinajstić information content (AvgIpc) is 2.89. The van der Waals surface area contributed by atoms with Crippen LogP contribution >= 0.6 is 0 Å². The van der Waals surface area contributed by atoms with E-state index in [1.165, 1.54) is 5.56 Å². The van der Waals surface area contributed by atoms with Crippen LogP contribution in [0.15, 0.2) is 12.1 Å². The van der Waals surface area contributed by atoms with E-state index >= 15 is 0 Å². The number of carbonyl (C=O) groups is 2. The van der Waals surface area contributed by atoms with E-state index in [0.717, 1.165) is 42.4 Å². The van der Waals surface area contributed by atoms with Crippen molar-refractivity contribution in [3.05, 3.63) is 34.4 Å². The first-order chi connectivity index (χ1) is 9.44. The first kappa shape index (κ1) is 13.3. The molecule has 1 spiro atoms. The summed E-state index contributed by atoms with van der Waals surface area (Å²) >= 11 is 0. The minimum Gasteiger partial charge on any atom is -0.343 e. The number of rotatable bonds is 1. The van der Waals surface area contributed by atoms with Gasteiger partial charge in [0.05, 0.1) is 5.54 Å². The van der Waals surface area contributed by atoms with Gasteiger partial charge < -0.3 is 5.32 Å². The highest BCUT2D eigenvalue weighted by atomic mass is 16.2. The highest BCUT2D eigenvalue weighted by Crippen LogP contribution is 2.41. The Bertz CT molecular complexity index is 574. The molecule has 1 aromatic carbocycles. The highest BCUT2D eigenvalue weighted by Gasteiger charge is 2.54. The van der Waals surface area contributed by atoms with Crippen LogP contribution in [0.25, 0.3) is 0 Å². The van der Waals surface area contributed by atoms with Gasteiger partial charge in [-0.15, -0.1) is 0 Å². The zero-order chi connectivity index (χ0) is 14.5. The van der Waals surface area contributed by atoms with Crippen molar-refractivity contribution in [3.8, 4) is 0 Å². The molecule has 0 radical (unpaired) electrons. The van der Waals surface area contributed by atoms with Gasteiger partial charge in [0, 0.05) is 0 Å². The predicted octanol–water partition coefficient (Wildman–Crippen LogP) is 2.71. The van der Waals surface area contributed by atoms with Crippen LogP contribution < -0.4 is 5.32 Å². The maximum atomic E-state index is 12.8. The zero-order valence-electron chi connectivity index (χ0n) is 12.4. The maximum Gasteiger partial charge on any atom is 0.235 e. The number of carbonyl (C=O) groups excluding carboxylic acids is 2. The third kappa shape index (κ3) is 1.80. The predicted molar refractivity (Wildman–Crippen MR) is 77.7 cm³/mol. The molecule has 2 fully saturated rings. The number of amides is 1. The standard InChI is InChI=1S/C17H21NO2/c1-10-8-11(2)13(12(3)9-10)14-15(19)17(18-16(14)20)6-4-5-7-17/h8-9,14H,4-7H2,1-3H3,(H,18,20). The quantitative estimate of drug-likeness (QED) is 0.798. The van der Waals surface area contributed by atoms with Gasteiger partial charge in [0.15, 0.2) is 5.78 Å². The Morgan fingerprint density at radius 2 is 1.60 bits per heavy atom. The van der Waals surface area contributed by atoms with Gasteiger partial charge in [-0.1, -0.05) is 30.5 Å². The van der Waals surface area contributed by atoms with Crippen LogP contribution in [-0.2, 0) is 9.59 Å². The largest absolute Gasteiger partial charge is 0.343 e. The van der Waals surface area contributed by atoms with Crippen LogP contribution in [0.1, 0.15) is 53.9 Å². The van der Waals surface area contributed by atoms with Crippen molar-refractivity contribution in [1.82, 2.24) is 5.32 Å². The fourth-order valence-corrected chi connectivity index (χ4v) is 4.02. The number of benzene rings is 1. The van der Waals surface area contributed by atoms with Crippen molar-refractivity contribution >= 4 is 11.7 Å². The van der Waals surface area contributed by atoms with E-state index in [4.69, 9.17) is 0 Å². The summed E-state index contributed by atoms with van der Waals surface area (Å²) in [6.07, 6.45) is 3.67. The molecule has 1 aliphatic heterocycles. The molecule has 3 nitrogen and oxygen atoms in total. The van der Waals surface area contributed by atoms with E-state index in [-0.39, 0.29) is 11.7 Å². The fourth-order valence-electron chi connectivity index (χ4n) is 4.02. The van der Waals surface area contributed by atoms with Crippen LogP contribution in [0.5, 0.6) is 0 Å². The molecule has 1 N–H and O–H groups in total. The minimum atomic E-state index is -0.603. The lowest BCUT2D eigenvalue weighted by Crippen LogP contribution is -2.43. The van der Waals surface area contributed by atoms with Crippen LogP contribution in [0, 0.1) is 20.8 Å². The lowest BCUT2D eigenvalue weighted by molar-refractivity contribution is -0.125. The van der Waals surface area contributed by atoms with Crippen LogP contribution in [0.4, 0.5) is 0 Å². The van der Waals surface area contributed by atoms with Crippen molar-refractivity contribution in [3.63, 3.8) is 0 Å². The molecule has 0 aromatic heterocycles. The van der Waals surface area contributed by atoms with Gasteiger partial charge in [0.25, 0.3) is 0 Å². The molecule has 1 atom stereocenters. The fraction of sp³-hybridized carbons (Fsp3) is 0.529. The Hall–Kier alpha value is -1.64. The van der Waals surface area contributed by atoms with E-state index in [1.807, 2.05) is 20.8 Å². The summed E-state index contributed by atoms with van der Waals surface area (Å²) in [6, 6.07) is 4.12. The van der Waals surface area contributed by atoms with E-state index < -0.39 is 11.5 Å². The van der Waals surface area contributed by atoms with Gasteiger partial charge in [-0.2, -0.15) is 0 Å². The average molecular weight is 271 g/mol. The van der Waals surface area contributed by atoms with E-state index in [1.54, 1.807) is 0 Å². The van der Waals surface area contributed by atoms with Crippen molar-refractivity contribution in [2.45, 2.75) is 57.9 Å². The van der Waals surface area contributed by atoms with Crippen molar-refractivity contribution in [1.29, 1.82) is 0 Å². The number of ketones is 1. The molecule has 3 rings (SSSR count). The number of Topliss-reactive ketones (excluding diaryl/α,β-unsaturated/α-hetero) is 1. The second kappa shape index (κ2) is 4.44. The van der Waals surface area contributed by atoms with Crippen molar-refractivity contribution in [2.24, 2.45) is 0 Å². The SMILES string of the molecule is Cc1cc(C)c(C2C(=O)NC3(CCCC3)C2=O)c(C)c1. The van der Waals surface area contributed by atoms with Gasteiger partial charge >= 0.3 is 0 Å². The molecular weight excluding hydrogens is 250 g/mol. The summed E-state index contributed by atoms with van der Waals surface area (Å²) < 4.78 is 0. The van der Waals surface area contributed by atoms with Crippen LogP contribution in [0.3, 0.4) is 0 Å². The summed E-state index contributed by atoms with van der Waals surface area (Å²) in [5.41, 5.74) is 3.62. The summed E-state index contributed by atoms with van der Waals surface area (Å²) in [4.78, 5) is 25.3. The van der Waals surface area contributed by atoms with Gasteiger partial charge in [0.1, 0.15) is 5.92 Å². The second-order valence-electron chi connectivity index (χ2n) is 6.39. The molecule has 1 saturated carbocycles. The first-order valence-electron chi connectivity index (χ1n) is 7.39. The topological polar surface area (TPSA) is 46.2 Å². The second-order valence-corrected chi connectivity index (χ2v) is 6.39. The Morgan fingerprint density at radius 1 is 1.05 bits per heavy atom. The molecule has 2 aliphatic rings. The highest BCUT2D eigenvalue weighted by molar-refractivity contribution is 6.17. The number of nitrogens with one attached hydrogen (secondary N) is 1. The summed E-state index contributed by atoms with van der Waals surface area (Å²) in [5.74, 6) is -0.615. The summed E-state index contributed by atoms with van der Waals surface area (Å²) in [5, 5.41) is 3.01. The molecule has 1 amide bonds. The Labute approximate surface area is 119 Å². The summed E-state index contributed by atoms with van der Waals surface area (Å²) in [6.45, 7) is 6.03. The first-order valence-corrected chi connectivity index (χ1v) is 7.39. The van der Waals surface area contributed by atoms with Crippen molar-refractivity contribution < 1.29 is 9.59 Å². The molecule has 3 heteroatoms. The van der Waals surface area contributed by atoms with Gasteiger partial charge in [-0.3, -0.25) is 9.59 Å². The number of aryl methyl sites for hydroxylation is 3. The smallest absolute Gasteiger partial charge is 0.235 e. The molecule has 20 heavy (non-hydrogen) atoms. The minimum absolute atomic E-state index is 0.0926. The van der Waals surface area contributed by atoms with Crippen molar-refractivity contribution in [2.75, 3.05) is 0 Å². The number of hydrogen-bond acceptors (Lipinski definition) is 2. The Kier molecular flexibility index (Phi) is 2.96. The lowest BCUT2D eigenvalue weighted by Gasteiger charge is -2.21. The Morgan fingerprint density at radius 3 is 2.15 bits per heavy atom. The monoisotopic (exact) mass is 271 g/mol. The van der Waals surface area contributed by atoms with Gasteiger partial charge in [-0.05, 0) is 50.3 Å². The van der Waals surface area contributed by atoms with E-state index in [9.17, 15) is 9.59 Å². The van der Waals surface area contributed by atoms with Gasteiger partial charge in [-0.25, -0.2) is 0 Å². The van der Waals surface area contributed by atoms with Crippen LogP contribution in [-0.4, -0.2) is 17.2 Å². The molecule has 106 valence electrons. The molecular formula is C17H21NO2.